The van der Waals surface area contributed by atoms with Gasteiger partial charge in [0.05, 0.1) is 16.8 Å². The van der Waals surface area contributed by atoms with Gasteiger partial charge >= 0.3 is 5.97 Å². The van der Waals surface area contributed by atoms with E-state index in [1.54, 1.807) is 29.9 Å². The Morgan fingerprint density at radius 3 is 2.66 bits per heavy atom. The highest BCUT2D eigenvalue weighted by molar-refractivity contribution is 5.81. The predicted molar refractivity (Wildman–Crippen MR) is 117 cm³/mol. The molecule has 1 fully saturated rings. The maximum atomic E-state index is 12.7. The third-order valence-electron chi connectivity index (χ3n) is 5.95. The molecule has 1 aliphatic rings. The van der Waals surface area contributed by atoms with E-state index in [1.165, 1.54) is 4.57 Å². The molecule has 0 unspecified atom stereocenters. The number of esters is 1. The topological polar surface area (TPSA) is 108 Å². The summed E-state index contributed by atoms with van der Waals surface area (Å²) in [4.78, 5) is 36.0. The first kappa shape index (κ1) is 20.1. The van der Waals surface area contributed by atoms with Crippen molar-refractivity contribution in [2.24, 2.45) is 13.0 Å². The molecule has 0 atom stereocenters. The summed E-state index contributed by atoms with van der Waals surface area (Å²) < 4.78 is 8.85. The minimum Gasteiger partial charge on any atom is -0.457 e. The van der Waals surface area contributed by atoms with Crippen LogP contribution in [0.1, 0.15) is 24.2 Å². The molecule has 1 saturated heterocycles. The number of nitrogens with zero attached hydrogens (tertiary/aromatic N) is 7. The summed E-state index contributed by atoms with van der Waals surface area (Å²) in [5.41, 5.74) is 1.55. The maximum Gasteiger partial charge on any atom is 0.309 e. The van der Waals surface area contributed by atoms with Crippen molar-refractivity contribution in [1.82, 2.24) is 29.1 Å². The van der Waals surface area contributed by atoms with Gasteiger partial charge < -0.3 is 9.64 Å². The van der Waals surface area contributed by atoms with E-state index in [-0.39, 0.29) is 24.1 Å². The number of ether oxygens (including phenoxy) is 1. The maximum absolute atomic E-state index is 12.7. The lowest BCUT2D eigenvalue weighted by Crippen LogP contribution is -2.37. The summed E-state index contributed by atoms with van der Waals surface area (Å²) in [6.07, 6.45) is 4.78. The molecule has 32 heavy (non-hydrogen) atoms. The smallest absolute Gasteiger partial charge is 0.309 e. The van der Waals surface area contributed by atoms with Crippen molar-refractivity contribution >= 4 is 28.6 Å². The van der Waals surface area contributed by atoms with E-state index in [4.69, 9.17) is 4.74 Å². The molecule has 0 amide bonds. The van der Waals surface area contributed by atoms with Gasteiger partial charge in [-0.05, 0) is 38.0 Å². The van der Waals surface area contributed by atoms with Gasteiger partial charge in [0.1, 0.15) is 0 Å². The number of hydrogen-bond donors (Lipinski definition) is 0. The highest BCUT2D eigenvalue weighted by Gasteiger charge is 2.27. The molecule has 0 aliphatic carbocycles. The second kappa shape index (κ2) is 8.03. The lowest BCUT2D eigenvalue weighted by molar-refractivity contribution is -0.150. The van der Waals surface area contributed by atoms with Crippen molar-refractivity contribution < 1.29 is 9.53 Å². The van der Waals surface area contributed by atoms with Crippen LogP contribution < -0.4 is 10.5 Å². The van der Waals surface area contributed by atoms with Gasteiger partial charge in [-0.2, -0.15) is 0 Å². The zero-order valence-electron chi connectivity index (χ0n) is 17.9. The first-order valence-electron chi connectivity index (χ1n) is 10.5. The Kier molecular flexibility index (Phi) is 5.04. The zero-order chi connectivity index (χ0) is 22.2. The summed E-state index contributed by atoms with van der Waals surface area (Å²) in [7, 11) is 1.66. The molecule has 1 aromatic carbocycles. The van der Waals surface area contributed by atoms with Crippen LogP contribution in [0.2, 0.25) is 0 Å². The van der Waals surface area contributed by atoms with Crippen molar-refractivity contribution in [2.75, 3.05) is 18.0 Å². The third-order valence-corrected chi connectivity index (χ3v) is 5.95. The third kappa shape index (κ3) is 3.47. The Balaban J connectivity index is 1.32. The average molecular weight is 433 g/mol. The monoisotopic (exact) mass is 433 g/mol. The van der Waals surface area contributed by atoms with Crippen LogP contribution in [0.3, 0.4) is 0 Å². The lowest BCUT2D eigenvalue weighted by Gasteiger charge is -2.30. The van der Waals surface area contributed by atoms with Gasteiger partial charge in [0, 0.05) is 32.5 Å². The quantitative estimate of drug-likeness (QED) is 0.447. The molecule has 1 aliphatic heterocycles. The van der Waals surface area contributed by atoms with Crippen LogP contribution in [0.5, 0.6) is 0 Å². The SMILES string of the molecule is Cc1ccc2c(c1)c(=O)n(C)c1nnc(COC(=O)C3CCN(c4ncccn4)CC3)n21. The Hall–Kier alpha value is -3.82. The number of carbonyl (C=O) groups is 1. The fourth-order valence-corrected chi connectivity index (χ4v) is 4.18. The molecule has 5 rings (SSSR count). The van der Waals surface area contributed by atoms with E-state index in [2.05, 4.69) is 25.1 Å². The summed E-state index contributed by atoms with van der Waals surface area (Å²) in [6, 6.07) is 7.43. The van der Waals surface area contributed by atoms with Crippen LogP contribution in [0, 0.1) is 12.8 Å². The summed E-state index contributed by atoms with van der Waals surface area (Å²) in [6.45, 7) is 3.32. The number of carbonyl (C=O) groups excluding carboxylic acids is 1. The van der Waals surface area contributed by atoms with E-state index in [0.717, 1.165) is 5.56 Å². The number of hydrogen-bond acceptors (Lipinski definition) is 8. The van der Waals surface area contributed by atoms with Crippen LogP contribution >= 0.6 is 0 Å². The molecule has 0 spiro atoms. The number of piperidine rings is 1. The standard InChI is InChI=1S/C22H23N7O3/c1-14-4-5-17-16(12-14)19(30)27(2)22-26-25-18(29(17)22)13-32-20(31)15-6-10-28(11-7-15)21-23-8-3-9-24-21/h3-5,8-9,12,15H,6-7,10-11,13H2,1-2H3. The van der Waals surface area contributed by atoms with Crippen molar-refractivity contribution in [2.45, 2.75) is 26.4 Å². The highest BCUT2D eigenvalue weighted by atomic mass is 16.5. The van der Waals surface area contributed by atoms with E-state index in [9.17, 15) is 9.59 Å². The zero-order valence-corrected chi connectivity index (χ0v) is 17.9. The van der Waals surface area contributed by atoms with Crippen LogP contribution in [-0.2, 0) is 23.2 Å². The molecule has 3 aromatic heterocycles. The van der Waals surface area contributed by atoms with Crippen molar-refractivity contribution in [3.63, 3.8) is 0 Å². The number of aryl methyl sites for hydroxylation is 2. The summed E-state index contributed by atoms with van der Waals surface area (Å²) >= 11 is 0. The van der Waals surface area contributed by atoms with Gasteiger partial charge in [-0.1, -0.05) is 11.6 Å². The molecule has 10 nitrogen and oxygen atoms in total. The fraction of sp³-hybridized carbons (Fsp3) is 0.364. The fourth-order valence-electron chi connectivity index (χ4n) is 4.18. The van der Waals surface area contributed by atoms with Crippen LogP contribution in [0.15, 0.2) is 41.5 Å². The van der Waals surface area contributed by atoms with Crippen LogP contribution in [0.25, 0.3) is 16.7 Å². The van der Waals surface area contributed by atoms with Crippen LogP contribution in [0.4, 0.5) is 5.95 Å². The molecule has 0 radical (unpaired) electrons. The second-order valence-electron chi connectivity index (χ2n) is 8.05. The molecular weight excluding hydrogens is 410 g/mol. The van der Waals surface area contributed by atoms with Crippen molar-refractivity contribution in [3.8, 4) is 0 Å². The Labute approximate surface area is 183 Å². The molecule has 4 heterocycles. The number of anilines is 1. The van der Waals surface area contributed by atoms with E-state index in [0.29, 0.717) is 54.4 Å². The molecule has 0 N–H and O–H groups in total. The minimum atomic E-state index is -0.250. The van der Waals surface area contributed by atoms with Gasteiger partial charge in [0.2, 0.25) is 11.7 Å². The molecule has 0 saturated carbocycles. The van der Waals surface area contributed by atoms with Gasteiger partial charge in [-0.15, -0.1) is 10.2 Å². The normalized spacial score (nSPS) is 14.9. The average Bonchev–Trinajstić information content (AvgIpc) is 3.26. The first-order valence-corrected chi connectivity index (χ1v) is 10.5. The van der Waals surface area contributed by atoms with Gasteiger partial charge in [0.25, 0.3) is 5.56 Å². The number of rotatable bonds is 4. The lowest BCUT2D eigenvalue weighted by atomic mass is 9.97. The van der Waals surface area contributed by atoms with Crippen molar-refractivity contribution in [1.29, 1.82) is 0 Å². The number of fused-ring (bicyclic) bond motifs is 3. The number of aromatic nitrogens is 6. The van der Waals surface area contributed by atoms with Gasteiger partial charge in [-0.25, -0.2) is 9.97 Å². The van der Waals surface area contributed by atoms with Gasteiger partial charge in [-0.3, -0.25) is 18.6 Å². The van der Waals surface area contributed by atoms with E-state index < -0.39 is 0 Å². The number of benzene rings is 1. The Bertz CT molecular complexity index is 1350. The Morgan fingerprint density at radius 1 is 1.16 bits per heavy atom. The highest BCUT2D eigenvalue weighted by Crippen LogP contribution is 2.22. The summed E-state index contributed by atoms with van der Waals surface area (Å²) in [5.74, 6) is 1.14. The minimum absolute atomic E-state index is 0.0107. The molecular formula is C22H23N7O3. The van der Waals surface area contributed by atoms with Crippen molar-refractivity contribution in [3.05, 3.63) is 58.4 Å². The second-order valence-corrected chi connectivity index (χ2v) is 8.05. The van der Waals surface area contributed by atoms with E-state index in [1.807, 2.05) is 25.1 Å². The molecule has 4 aromatic rings. The summed E-state index contributed by atoms with van der Waals surface area (Å²) in [5, 5.41) is 8.91. The largest absolute Gasteiger partial charge is 0.457 e. The Morgan fingerprint density at radius 2 is 1.91 bits per heavy atom. The predicted octanol–water partition coefficient (Wildman–Crippen LogP) is 1.64. The molecule has 0 bridgehead atoms. The van der Waals surface area contributed by atoms with Crippen LogP contribution in [-0.4, -0.2) is 48.2 Å². The molecule has 10 heteroatoms. The van der Waals surface area contributed by atoms with E-state index >= 15 is 0 Å². The molecule has 164 valence electrons. The van der Waals surface area contributed by atoms with Gasteiger partial charge in [0.15, 0.2) is 12.4 Å². The first-order chi connectivity index (χ1) is 15.5.